The van der Waals surface area contributed by atoms with Gasteiger partial charge in [0.1, 0.15) is 6.04 Å². The predicted octanol–water partition coefficient (Wildman–Crippen LogP) is 2.89. The van der Waals surface area contributed by atoms with Crippen LogP contribution in [0, 0.1) is 11.3 Å². The largest absolute Gasteiger partial charge is 0.363 e. The fourth-order valence-corrected chi connectivity index (χ4v) is 4.47. The van der Waals surface area contributed by atoms with Crippen molar-refractivity contribution in [2.45, 2.75) is 51.1 Å². The molecule has 0 spiro atoms. The summed E-state index contributed by atoms with van der Waals surface area (Å²) in [5, 5.41) is 14.9. The van der Waals surface area contributed by atoms with E-state index in [1.54, 1.807) is 13.1 Å². The summed E-state index contributed by atoms with van der Waals surface area (Å²) >= 11 is 0. The van der Waals surface area contributed by atoms with Gasteiger partial charge in [0.15, 0.2) is 5.65 Å². The SMILES string of the molecule is CC(C#N)n1cncc(-c2ccc(C3(c4nn(C(C)C)c5nc(C(N)=O)ncc45)CC3)cc2)c1=O. The van der Waals surface area contributed by atoms with Crippen molar-refractivity contribution in [2.24, 2.45) is 5.73 Å². The Morgan fingerprint density at radius 3 is 2.49 bits per heavy atom. The number of hydrogen-bond donors (Lipinski definition) is 1. The highest BCUT2D eigenvalue weighted by Crippen LogP contribution is 2.54. The molecule has 2 N–H and O–H groups in total. The summed E-state index contributed by atoms with van der Waals surface area (Å²) < 4.78 is 3.14. The van der Waals surface area contributed by atoms with Crippen LogP contribution in [0.5, 0.6) is 0 Å². The molecule has 176 valence electrons. The van der Waals surface area contributed by atoms with Crippen LogP contribution in [-0.4, -0.2) is 35.2 Å². The lowest BCUT2D eigenvalue weighted by Crippen LogP contribution is -2.24. The Bertz CT molecular complexity index is 1560. The molecular weight excluding hydrogens is 444 g/mol. The van der Waals surface area contributed by atoms with Gasteiger partial charge in [0.25, 0.3) is 11.5 Å². The second kappa shape index (κ2) is 8.13. The van der Waals surface area contributed by atoms with Crippen molar-refractivity contribution in [3.8, 4) is 17.2 Å². The summed E-state index contributed by atoms with van der Waals surface area (Å²) in [6, 6.07) is 9.31. The first-order valence-electron chi connectivity index (χ1n) is 11.4. The average molecular weight is 469 g/mol. The monoisotopic (exact) mass is 468 g/mol. The topological polar surface area (TPSA) is 145 Å². The van der Waals surface area contributed by atoms with Crippen LogP contribution in [0.15, 0.2) is 47.8 Å². The number of aromatic nitrogens is 6. The van der Waals surface area contributed by atoms with Crippen molar-refractivity contribution in [1.82, 2.24) is 29.3 Å². The van der Waals surface area contributed by atoms with Crippen molar-refractivity contribution in [3.63, 3.8) is 0 Å². The van der Waals surface area contributed by atoms with E-state index in [-0.39, 0.29) is 22.8 Å². The van der Waals surface area contributed by atoms with Crippen molar-refractivity contribution in [1.29, 1.82) is 5.26 Å². The van der Waals surface area contributed by atoms with E-state index in [0.29, 0.717) is 11.2 Å². The van der Waals surface area contributed by atoms with Gasteiger partial charge in [-0.05, 0) is 44.7 Å². The van der Waals surface area contributed by atoms with Crippen LogP contribution < -0.4 is 11.3 Å². The van der Waals surface area contributed by atoms with Gasteiger partial charge in [-0.1, -0.05) is 24.3 Å². The molecule has 10 heteroatoms. The van der Waals surface area contributed by atoms with E-state index in [2.05, 4.69) is 21.0 Å². The highest BCUT2D eigenvalue weighted by atomic mass is 16.1. The zero-order chi connectivity index (χ0) is 24.9. The molecule has 0 saturated heterocycles. The molecule has 1 aromatic carbocycles. The molecule has 3 heterocycles. The summed E-state index contributed by atoms with van der Waals surface area (Å²) in [6.07, 6.45) is 6.36. The maximum Gasteiger partial charge on any atom is 0.286 e. The fraction of sp³-hybridized carbons (Fsp3) is 0.320. The number of hydrogen-bond acceptors (Lipinski definition) is 7. The lowest BCUT2D eigenvalue weighted by atomic mass is 9.90. The van der Waals surface area contributed by atoms with Gasteiger partial charge >= 0.3 is 0 Å². The van der Waals surface area contributed by atoms with Crippen LogP contribution in [0.4, 0.5) is 0 Å². The maximum absolute atomic E-state index is 12.9. The van der Waals surface area contributed by atoms with E-state index in [1.807, 2.05) is 42.8 Å². The summed E-state index contributed by atoms with van der Waals surface area (Å²) in [5.74, 6) is -0.715. The fourth-order valence-electron chi connectivity index (χ4n) is 4.47. The molecule has 1 saturated carbocycles. The normalized spacial score (nSPS) is 15.2. The van der Waals surface area contributed by atoms with Gasteiger partial charge in [-0.25, -0.2) is 19.6 Å². The van der Waals surface area contributed by atoms with Crippen molar-refractivity contribution < 1.29 is 4.79 Å². The highest BCUT2D eigenvalue weighted by molar-refractivity contribution is 5.91. The van der Waals surface area contributed by atoms with Gasteiger partial charge in [-0.2, -0.15) is 10.4 Å². The second-order valence-electron chi connectivity index (χ2n) is 9.17. The van der Waals surface area contributed by atoms with Crippen molar-refractivity contribution >= 4 is 16.9 Å². The van der Waals surface area contributed by atoms with Crippen LogP contribution in [0.3, 0.4) is 0 Å². The molecule has 1 atom stereocenters. The Kier molecular flexibility index (Phi) is 5.20. The minimum absolute atomic E-state index is 0.0311. The first kappa shape index (κ1) is 22.4. The van der Waals surface area contributed by atoms with Crippen LogP contribution in [0.25, 0.3) is 22.2 Å². The molecule has 0 radical (unpaired) electrons. The number of benzene rings is 1. The molecule has 1 unspecified atom stereocenters. The lowest BCUT2D eigenvalue weighted by molar-refractivity contribution is 0.0990. The third-order valence-corrected chi connectivity index (χ3v) is 6.57. The van der Waals surface area contributed by atoms with E-state index < -0.39 is 11.9 Å². The summed E-state index contributed by atoms with van der Waals surface area (Å²) in [4.78, 5) is 37.2. The van der Waals surface area contributed by atoms with Gasteiger partial charge in [0, 0.05) is 23.9 Å². The van der Waals surface area contributed by atoms with E-state index in [9.17, 15) is 14.9 Å². The van der Waals surface area contributed by atoms with Crippen LogP contribution in [0.2, 0.25) is 0 Å². The molecular formula is C25H24N8O2. The zero-order valence-electron chi connectivity index (χ0n) is 19.6. The number of carbonyl (C=O) groups excluding carboxylic acids is 1. The Balaban J connectivity index is 1.57. The summed E-state index contributed by atoms with van der Waals surface area (Å²) in [6.45, 7) is 5.67. The number of primary amides is 1. The number of rotatable bonds is 6. The van der Waals surface area contributed by atoms with Gasteiger partial charge in [0.2, 0.25) is 5.82 Å². The third-order valence-electron chi connectivity index (χ3n) is 6.57. The number of nitrogens with zero attached hydrogens (tertiary/aromatic N) is 7. The molecule has 0 bridgehead atoms. The van der Waals surface area contributed by atoms with Gasteiger partial charge < -0.3 is 5.73 Å². The minimum atomic E-state index is -0.680. The quantitative estimate of drug-likeness (QED) is 0.458. The van der Waals surface area contributed by atoms with E-state index in [1.165, 1.54) is 17.1 Å². The Morgan fingerprint density at radius 2 is 1.89 bits per heavy atom. The molecule has 4 aromatic rings. The standard InChI is InChI=1S/C25H24N8O2/c1-14(2)33-23-19(12-29-22(30-23)21(27)34)20(31-33)25(8-9-25)17-6-4-16(5-7-17)18-11-28-13-32(24(18)35)15(3)10-26/h4-7,11-15H,8-9H2,1-3H3,(H2,27,34). The van der Waals surface area contributed by atoms with Crippen molar-refractivity contribution in [3.05, 3.63) is 70.4 Å². The highest BCUT2D eigenvalue weighted by Gasteiger charge is 2.49. The number of nitriles is 1. The predicted molar refractivity (Wildman–Crippen MR) is 128 cm³/mol. The summed E-state index contributed by atoms with van der Waals surface area (Å²) in [5.41, 5.74) is 8.55. The van der Waals surface area contributed by atoms with E-state index in [0.717, 1.165) is 35.0 Å². The minimum Gasteiger partial charge on any atom is -0.363 e. The Morgan fingerprint density at radius 1 is 1.17 bits per heavy atom. The van der Waals surface area contributed by atoms with Crippen molar-refractivity contribution in [2.75, 3.05) is 0 Å². The Hall–Kier alpha value is -4.39. The maximum atomic E-state index is 12.9. The van der Waals surface area contributed by atoms with Crippen LogP contribution in [-0.2, 0) is 5.41 Å². The molecule has 1 aliphatic carbocycles. The molecule has 1 fully saturated rings. The first-order chi connectivity index (χ1) is 16.8. The van der Waals surface area contributed by atoms with E-state index in [4.69, 9.17) is 10.8 Å². The molecule has 1 amide bonds. The number of carbonyl (C=O) groups is 1. The summed E-state index contributed by atoms with van der Waals surface area (Å²) in [7, 11) is 0. The first-order valence-corrected chi connectivity index (χ1v) is 11.4. The van der Waals surface area contributed by atoms with Crippen LogP contribution >= 0.6 is 0 Å². The lowest BCUT2D eigenvalue weighted by Gasteiger charge is -2.15. The average Bonchev–Trinajstić information content (AvgIpc) is 3.57. The zero-order valence-corrected chi connectivity index (χ0v) is 19.6. The molecule has 10 nitrogen and oxygen atoms in total. The van der Waals surface area contributed by atoms with Gasteiger partial charge in [0.05, 0.1) is 29.0 Å². The molecule has 0 aliphatic heterocycles. The number of nitrogens with two attached hydrogens (primary N) is 1. The number of fused-ring (bicyclic) bond motifs is 1. The van der Waals surface area contributed by atoms with Crippen LogP contribution in [0.1, 0.15) is 67.6 Å². The molecule has 1 aliphatic rings. The molecule has 35 heavy (non-hydrogen) atoms. The van der Waals surface area contributed by atoms with Gasteiger partial charge in [-0.3, -0.25) is 14.2 Å². The van der Waals surface area contributed by atoms with Gasteiger partial charge in [-0.15, -0.1) is 0 Å². The smallest absolute Gasteiger partial charge is 0.286 e. The second-order valence-corrected chi connectivity index (χ2v) is 9.17. The van der Waals surface area contributed by atoms with E-state index >= 15 is 0 Å². The number of amides is 1. The third kappa shape index (κ3) is 3.56. The molecule has 5 rings (SSSR count). The molecule has 3 aromatic heterocycles. The Labute approximate surface area is 201 Å².